The van der Waals surface area contributed by atoms with Crippen LogP contribution in [0.25, 0.3) is 0 Å². The van der Waals surface area contributed by atoms with Crippen molar-refractivity contribution in [1.29, 1.82) is 0 Å². The Kier molecular flexibility index (Phi) is 8.21. The predicted octanol–water partition coefficient (Wildman–Crippen LogP) is 4.41. The molecule has 1 fully saturated rings. The van der Waals surface area contributed by atoms with Crippen molar-refractivity contribution in [3.63, 3.8) is 0 Å². The van der Waals surface area contributed by atoms with Crippen molar-refractivity contribution in [2.45, 2.75) is 49.4 Å². The van der Waals surface area contributed by atoms with Crippen molar-refractivity contribution in [3.05, 3.63) is 124 Å². The van der Waals surface area contributed by atoms with Crippen molar-refractivity contribution in [2.75, 3.05) is 19.0 Å². The van der Waals surface area contributed by atoms with Gasteiger partial charge in [-0.2, -0.15) is 4.98 Å². The first-order valence-electron chi connectivity index (χ1n) is 13.6. The van der Waals surface area contributed by atoms with Gasteiger partial charge in [0.1, 0.15) is 28.8 Å². The molecule has 1 aromatic heterocycles. The highest BCUT2D eigenvalue weighted by molar-refractivity contribution is 5.58. The molecule has 3 N–H and O–H groups in total. The van der Waals surface area contributed by atoms with Gasteiger partial charge in [0.15, 0.2) is 12.4 Å². The van der Waals surface area contributed by atoms with E-state index in [0.29, 0.717) is 12.2 Å². The fraction of sp³-hybridized carbons (Fsp3) is 0.312. The first kappa shape index (κ1) is 28.5. The Bertz CT molecular complexity index is 1460. The van der Waals surface area contributed by atoms with E-state index in [1.165, 1.54) is 6.20 Å². The molecule has 0 bridgehead atoms. The lowest BCUT2D eigenvalue weighted by Gasteiger charge is -2.37. The van der Waals surface area contributed by atoms with Gasteiger partial charge in [0.2, 0.25) is 0 Å². The molecule has 0 unspecified atom stereocenters. The van der Waals surface area contributed by atoms with Gasteiger partial charge in [0.05, 0.1) is 13.7 Å². The molecule has 2 heterocycles. The van der Waals surface area contributed by atoms with E-state index in [0.717, 1.165) is 21.3 Å². The maximum Gasteiger partial charge on any atom is 0.351 e. The van der Waals surface area contributed by atoms with Crippen LogP contribution in [-0.2, 0) is 10.3 Å². The maximum atomic E-state index is 15.3. The molecule has 0 aliphatic carbocycles. The molecule has 214 valence electrons. The fourth-order valence-electron chi connectivity index (χ4n) is 5.67. The molecular weight excluding hydrogens is 525 g/mol. The third kappa shape index (κ3) is 5.12. The van der Waals surface area contributed by atoms with E-state index >= 15 is 4.39 Å². The lowest BCUT2D eigenvalue weighted by atomic mass is 9.77. The van der Waals surface area contributed by atoms with Gasteiger partial charge >= 0.3 is 5.69 Å². The number of rotatable bonds is 10. The van der Waals surface area contributed by atoms with E-state index in [-0.39, 0.29) is 12.2 Å². The zero-order valence-corrected chi connectivity index (χ0v) is 23.0. The average Bonchev–Trinajstić information content (AvgIpc) is 3.26. The standard InChI is InChI=1S/C32H34FN3O5/c1-3-19-31(21-37)28(38)27(33)29(41-31)36-20-18-26(34-30(36)39)35-32(22-10-6-4-7-11-22,23-12-8-5-9-13-23)24-14-16-25(40-2)17-15-24/h4-18,20,27-29,37-38H,3,19,21H2,1-2H3,(H,34,35,39)/t27-,28+,29-,31-/m1/s1. The van der Waals surface area contributed by atoms with Crippen LogP contribution in [0.1, 0.15) is 42.7 Å². The zero-order valence-electron chi connectivity index (χ0n) is 23.0. The Morgan fingerprint density at radius 2 is 1.59 bits per heavy atom. The van der Waals surface area contributed by atoms with Crippen LogP contribution in [0.15, 0.2) is 102 Å². The molecule has 8 nitrogen and oxygen atoms in total. The second-order valence-corrected chi connectivity index (χ2v) is 10.2. The molecule has 9 heteroatoms. The minimum absolute atomic E-state index is 0.238. The van der Waals surface area contributed by atoms with Gasteiger partial charge in [0, 0.05) is 6.20 Å². The first-order chi connectivity index (χ1) is 19.9. The Balaban J connectivity index is 1.60. The summed E-state index contributed by atoms with van der Waals surface area (Å²) in [5.41, 5.74) is -0.526. The number of aliphatic hydroxyl groups excluding tert-OH is 2. The molecule has 0 spiro atoms. The number of hydrogen-bond acceptors (Lipinski definition) is 7. The summed E-state index contributed by atoms with van der Waals surface area (Å²) >= 11 is 0. The van der Waals surface area contributed by atoms with Crippen LogP contribution in [0.3, 0.4) is 0 Å². The second-order valence-electron chi connectivity index (χ2n) is 10.2. The highest BCUT2D eigenvalue weighted by Crippen LogP contribution is 2.42. The lowest BCUT2D eigenvalue weighted by Crippen LogP contribution is -2.45. The summed E-state index contributed by atoms with van der Waals surface area (Å²) in [5.74, 6) is 0.955. The smallest absolute Gasteiger partial charge is 0.351 e. The van der Waals surface area contributed by atoms with E-state index in [1.807, 2.05) is 91.9 Å². The molecule has 0 saturated carbocycles. The number of anilines is 1. The molecule has 4 atom stereocenters. The van der Waals surface area contributed by atoms with Crippen LogP contribution in [-0.4, -0.2) is 51.4 Å². The van der Waals surface area contributed by atoms with E-state index < -0.39 is 41.9 Å². The maximum absolute atomic E-state index is 15.3. The van der Waals surface area contributed by atoms with Crippen molar-refractivity contribution in [2.24, 2.45) is 0 Å². The minimum atomic E-state index is -1.92. The summed E-state index contributed by atoms with van der Waals surface area (Å²) in [7, 11) is 1.61. The fourth-order valence-corrected chi connectivity index (χ4v) is 5.67. The number of nitrogens with one attached hydrogen (secondary N) is 1. The first-order valence-corrected chi connectivity index (χ1v) is 13.6. The highest BCUT2D eigenvalue weighted by atomic mass is 19.1. The number of methoxy groups -OCH3 is 1. The summed E-state index contributed by atoms with van der Waals surface area (Å²) in [6.07, 6.45) is -2.73. The SMILES string of the molecule is CCC[C@]1(CO)O[C@@H](n2ccc(NC(c3ccccc3)(c3ccccc3)c3ccc(OC)cc3)nc2=O)[C@H](F)[C@@H]1O. The van der Waals surface area contributed by atoms with Crippen LogP contribution in [0.2, 0.25) is 0 Å². The van der Waals surface area contributed by atoms with Gasteiger partial charge in [-0.15, -0.1) is 0 Å². The van der Waals surface area contributed by atoms with Crippen molar-refractivity contribution in [1.82, 2.24) is 9.55 Å². The number of nitrogens with zero attached hydrogens (tertiary/aromatic N) is 2. The molecule has 1 aliphatic heterocycles. The quantitative estimate of drug-likeness (QED) is 0.247. The summed E-state index contributed by atoms with van der Waals surface area (Å²) in [5, 5.41) is 24.0. The molecule has 1 aliphatic rings. The van der Waals surface area contributed by atoms with Crippen LogP contribution < -0.4 is 15.7 Å². The summed E-state index contributed by atoms with van der Waals surface area (Å²) in [4.78, 5) is 17.6. The number of benzene rings is 3. The normalized spacial score (nSPS) is 22.4. The monoisotopic (exact) mass is 559 g/mol. The number of hydrogen-bond donors (Lipinski definition) is 3. The molecule has 41 heavy (non-hydrogen) atoms. The predicted molar refractivity (Wildman–Crippen MR) is 154 cm³/mol. The van der Waals surface area contributed by atoms with E-state index in [9.17, 15) is 15.0 Å². The topological polar surface area (TPSA) is 106 Å². The molecule has 5 rings (SSSR count). The Labute approximate surface area is 238 Å². The van der Waals surface area contributed by atoms with E-state index in [1.54, 1.807) is 13.2 Å². The van der Waals surface area contributed by atoms with E-state index in [4.69, 9.17) is 9.47 Å². The number of aromatic nitrogens is 2. The summed E-state index contributed by atoms with van der Waals surface area (Å²) < 4.78 is 27.5. The minimum Gasteiger partial charge on any atom is -0.497 e. The van der Waals surface area contributed by atoms with Crippen LogP contribution in [0, 0.1) is 0 Å². The Morgan fingerprint density at radius 3 is 2.10 bits per heavy atom. The van der Waals surface area contributed by atoms with Crippen molar-refractivity contribution in [3.8, 4) is 5.75 Å². The number of alkyl halides is 1. The van der Waals surface area contributed by atoms with Gasteiger partial charge in [-0.25, -0.2) is 9.18 Å². The number of halogens is 1. The average molecular weight is 560 g/mol. The molecule has 0 radical (unpaired) electrons. The van der Waals surface area contributed by atoms with Crippen LogP contribution in [0.5, 0.6) is 5.75 Å². The largest absolute Gasteiger partial charge is 0.497 e. The third-order valence-corrected chi connectivity index (χ3v) is 7.77. The van der Waals surface area contributed by atoms with Crippen LogP contribution >= 0.6 is 0 Å². The molecule has 1 saturated heterocycles. The Morgan fingerprint density at radius 1 is 1.00 bits per heavy atom. The Hall–Kier alpha value is -4.05. The molecule has 4 aromatic rings. The van der Waals surface area contributed by atoms with Gasteiger partial charge in [0.25, 0.3) is 0 Å². The highest BCUT2D eigenvalue weighted by Gasteiger charge is 2.55. The number of ether oxygens (including phenoxy) is 2. The number of aliphatic hydroxyl groups is 2. The third-order valence-electron chi connectivity index (χ3n) is 7.77. The summed E-state index contributed by atoms with van der Waals surface area (Å²) in [6.45, 7) is 1.27. The van der Waals surface area contributed by atoms with Crippen LogP contribution in [0.4, 0.5) is 10.2 Å². The molecular formula is C32H34FN3O5. The lowest BCUT2D eigenvalue weighted by molar-refractivity contribution is -0.133. The van der Waals surface area contributed by atoms with Crippen molar-refractivity contribution >= 4 is 5.82 Å². The van der Waals surface area contributed by atoms with E-state index in [2.05, 4.69) is 10.3 Å². The van der Waals surface area contributed by atoms with Gasteiger partial charge in [-0.1, -0.05) is 86.1 Å². The van der Waals surface area contributed by atoms with Gasteiger partial charge < -0.3 is 25.0 Å². The molecule has 0 amide bonds. The van der Waals surface area contributed by atoms with Crippen molar-refractivity contribution < 1.29 is 24.1 Å². The second kappa shape index (κ2) is 11.8. The zero-order chi connectivity index (χ0) is 29.0. The van der Waals surface area contributed by atoms with Gasteiger partial charge in [-0.05, 0) is 41.3 Å². The molecule has 3 aromatic carbocycles. The summed E-state index contributed by atoms with van der Waals surface area (Å²) in [6, 6.07) is 28.8. The van der Waals surface area contributed by atoms with Gasteiger partial charge in [-0.3, -0.25) is 4.57 Å².